The van der Waals surface area contributed by atoms with Crippen LogP contribution >= 0.6 is 0 Å². The molecule has 3 aliphatic rings. The number of hydrogen-bond acceptors (Lipinski definition) is 5. The highest BCUT2D eigenvalue weighted by atomic mass is 16.9. The predicted octanol–water partition coefficient (Wildman–Crippen LogP) is 1.01. The zero-order chi connectivity index (χ0) is 11.6. The summed E-state index contributed by atoms with van der Waals surface area (Å²) in [7, 11) is 0. The molecule has 0 aromatic carbocycles. The first-order valence-corrected chi connectivity index (χ1v) is 5.69. The van der Waals surface area contributed by atoms with Gasteiger partial charge in [0.05, 0.1) is 6.61 Å². The van der Waals surface area contributed by atoms with Gasteiger partial charge in [-0.25, -0.2) is 0 Å². The van der Waals surface area contributed by atoms with Gasteiger partial charge in [0.25, 0.3) is 0 Å². The van der Waals surface area contributed by atoms with Gasteiger partial charge in [0.15, 0.2) is 17.9 Å². The number of rotatable bonds is 0. The quantitative estimate of drug-likeness (QED) is 0.621. The molecule has 0 aromatic rings. The fraction of sp³-hybridized carbons (Fsp3) is 1.00. The number of ether oxygens (including phenoxy) is 5. The third-order valence-electron chi connectivity index (χ3n) is 3.10. The van der Waals surface area contributed by atoms with Crippen molar-refractivity contribution in [1.82, 2.24) is 0 Å². The van der Waals surface area contributed by atoms with Crippen LogP contribution in [0.15, 0.2) is 0 Å². The van der Waals surface area contributed by atoms with Gasteiger partial charge in [-0.15, -0.1) is 0 Å². The van der Waals surface area contributed by atoms with E-state index in [-0.39, 0.29) is 24.6 Å². The summed E-state index contributed by atoms with van der Waals surface area (Å²) in [5, 5.41) is 0. The van der Waals surface area contributed by atoms with Crippen molar-refractivity contribution in [2.45, 2.75) is 63.9 Å². The van der Waals surface area contributed by atoms with Gasteiger partial charge in [-0.2, -0.15) is 0 Å². The molecular formula is C11H18O5. The van der Waals surface area contributed by atoms with Crippen molar-refractivity contribution in [3.8, 4) is 0 Å². The molecule has 0 N–H and O–H groups in total. The van der Waals surface area contributed by atoms with Gasteiger partial charge in [-0.05, 0) is 27.7 Å². The van der Waals surface area contributed by atoms with E-state index >= 15 is 0 Å². The SMILES string of the molecule is CC1(C)O[C@H]2O[C@H]3COC(C)(C)O[C@@H]3[C@@H]2O1. The molecule has 0 spiro atoms. The normalized spacial score (nSPS) is 48.8. The van der Waals surface area contributed by atoms with Crippen LogP contribution in [0, 0.1) is 0 Å². The van der Waals surface area contributed by atoms with Gasteiger partial charge in [-0.3, -0.25) is 0 Å². The maximum absolute atomic E-state index is 5.85. The van der Waals surface area contributed by atoms with Gasteiger partial charge in [-0.1, -0.05) is 0 Å². The Kier molecular flexibility index (Phi) is 2.17. The molecule has 0 aromatic heterocycles. The molecule has 0 unspecified atom stereocenters. The second-order valence-corrected chi connectivity index (χ2v) is 5.44. The fourth-order valence-corrected chi connectivity index (χ4v) is 2.47. The predicted molar refractivity (Wildman–Crippen MR) is 53.6 cm³/mol. The van der Waals surface area contributed by atoms with Crippen LogP contribution in [0.25, 0.3) is 0 Å². The molecule has 16 heavy (non-hydrogen) atoms. The summed E-state index contributed by atoms with van der Waals surface area (Å²) in [6.07, 6.45) is -0.666. The number of fused-ring (bicyclic) bond motifs is 3. The summed E-state index contributed by atoms with van der Waals surface area (Å²) < 4.78 is 28.6. The summed E-state index contributed by atoms with van der Waals surface area (Å²) >= 11 is 0. The lowest BCUT2D eigenvalue weighted by atomic mass is 10.1. The molecule has 4 atom stereocenters. The summed E-state index contributed by atoms with van der Waals surface area (Å²) in [6.45, 7) is 8.09. The minimum atomic E-state index is -0.591. The van der Waals surface area contributed by atoms with Gasteiger partial charge >= 0.3 is 0 Å². The Hall–Kier alpha value is -0.200. The van der Waals surface area contributed by atoms with Crippen LogP contribution in [0.2, 0.25) is 0 Å². The molecule has 3 rings (SSSR count). The van der Waals surface area contributed by atoms with E-state index in [1.165, 1.54) is 0 Å². The first-order valence-electron chi connectivity index (χ1n) is 5.69. The molecule has 92 valence electrons. The molecule has 0 amide bonds. The Labute approximate surface area is 94.9 Å². The van der Waals surface area contributed by atoms with Crippen LogP contribution < -0.4 is 0 Å². The molecule has 0 saturated carbocycles. The summed E-state index contributed by atoms with van der Waals surface area (Å²) in [5.74, 6) is -1.17. The highest BCUT2D eigenvalue weighted by molar-refractivity contribution is 4.96. The van der Waals surface area contributed by atoms with E-state index in [0.717, 1.165) is 0 Å². The van der Waals surface area contributed by atoms with Crippen molar-refractivity contribution >= 4 is 0 Å². The lowest BCUT2D eigenvalue weighted by molar-refractivity contribution is -0.319. The van der Waals surface area contributed by atoms with Crippen LogP contribution in [0.4, 0.5) is 0 Å². The summed E-state index contributed by atoms with van der Waals surface area (Å²) in [5.41, 5.74) is 0. The Morgan fingerprint density at radius 1 is 0.875 bits per heavy atom. The molecule has 0 radical (unpaired) electrons. The van der Waals surface area contributed by atoms with Crippen molar-refractivity contribution in [1.29, 1.82) is 0 Å². The van der Waals surface area contributed by atoms with E-state index < -0.39 is 11.6 Å². The highest BCUT2D eigenvalue weighted by Crippen LogP contribution is 2.42. The van der Waals surface area contributed by atoms with Gasteiger partial charge in [0.1, 0.15) is 18.3 Å². The molecule has 0 bridgehead atoms. The average molecular weight is 230 g/mol. The third-order valence-corrected chi connectivity index (χ3v) is 3.10. The van der Waals surface area contributed by atoms with E-state index in [2.05, 4.69) is 0 Å². The summed E-state index contributed by atoms with van der Waals surface area (Å²) in [4.78, 5) is 0. The minimum Gasteiger partial charge on any atom is -0.348 e. The third kappa shape index (κ3) is 1.67. The second kappa shape index (κ2) is 3.17. The lowest BCUT2D eigenvalue weighted by Gasteiger charge is -2.38. The Morgan fingerprint density at radius 3 is 2.31 bits per heavy atom. The Bertz CT molecular complexity index is 301. The molecule has 5 nitrogen and oxygen atoms in total. The molecule has 3 heterocycles. The van der Waals surface area contributed by atoms with Crippen molar-refractivity contribution in [2.24, 2.45) is 0 Å². The standard InChI is InChI=1S/C11H18O5/c1-10(2)12-5-6-7(14-10)8-9(13-6)16-11(3,4)15-8/h6-9H,5H2,1-4H3/t6-,7-,8-,9+/m0/s1. The topological polar surface area (TPSA) is 46.2 Å². The average Bonchev–Trinajstić information content (AvgIpc) is 2.57. The molecule has 0 aliphatic carbocycles. The minimum absolute atomic E-state index is 0.0841. The first-order chi connectivity index (χ1) is 7.36. The van der Waals surface area contributed by atoms with Crippen molar-refractivity contribution in [3.63, 3.8) is 0 Å². The van der Waals surface area contributed by atoms with Crippen LogP contribution in [0.5, 0.6) is 0 Å². The van der Waals surface area contributed by atoms with E-state index in [0.29, 0.717) is 6.61 Å². The van der Waals surface area contributed by atoms with E-state index in [9.17, 15) is 0 Å². The Morgan fingerprint density at radius 2 is 1.56 bits per heavy atom. The molecular weight excluding hydrogens is 212 g/mol. The van der Waals surface area contributed by atoms with Crippen LogP contribution in [0.3, 0.4) is 0 Å². The van der Waals surface area contributed by atoms with Crippen molar-refractivity contribution < 1.29 is 23.7 Å². The van der Waals surface area contributed by atoms with E-state index in [1.807, 2.05) is 27.7 Å². The van der Waals surface area contributed by atoms with Gasteiger partial charge in [0, 0.05) is 0 Å². The van der Waals surface area contributed by atoms with Gasteiger partial charge in [0.2, 0.25) is 0 Å². The Balaban J connectivity index is 1.78. The van der Waals surface area contributed by atoms with Crippen LogP contribution in [0.1, 0.15) is 27.7 Å². The van der Waals surface area contributed by atoms with Crippen molar-refractivity contribution in [2.75, 3.05) is 6.61 Å². The maximum Gasteiger partial charge on any atom is 0.190 e. The van der Waals surface area contributed by atoms with Crippen LogP contribution in [-0.2, 0) is 23.7 Å². The van der Waals surface area contributed by atoms with Crippen molar-refractivity contribution in [3.05, 3.63) is 0 Å². The monoisotopic (exact) mass is 230 g/mol. The lowest BCUT2D eigenvalue weighted by Crippen LogP contribution is -2.50. The first kappa shape index (κ1) is 10.9. The largest absolute Gasteiger partial charge is 0.348 e. The molecule has 3 fully saturated rings. The zero-order valence-corrected chi connectivity index (χ0v) is 10.1. The fourth-order valence-electron chi connectivity index (χ4n) is 2.47. The van der Waals surface area contributed by atoms with Crippen LogP contribution in [-0.4, -0.2) is 42.8 Å². The second-order valence-electron chi connectivity index (χ2n) is 5.44. The molecule has 3 saturated heterocycles. The zero-order valence-electron chi connectivity index (χ0n) is 10.1. The van der Waals surface area contributed by atoms with E-state index in [4.69, 9.17) is 23.7 Å². The van der Waals surface area contributed by atoms with E-state index in [1.54, 1.807) is 0 Å². The maximum atomic E-state index is 5.85. The molecule has 5 heteroatoms. The number of hydrogen-bond donors (Lipinski definition) is 0. The smallest absolute Gasteiger partial charge is 0.190 e. The summed E-state index contributed by atoms with van der Waals surface area (Å²) in [6, 6.07) is 0. The molecule has 3 aliphatic heterocycles. The van der Waals surface area contributed by atoms with Gasteiger partial charge < -0.3 is 23.7 Å². The highest BCUT2D eigenvalue weighted by Gasteiger charge is 2.58.